The highest BCUT2D eigenvalue weighted by molar-refractivity contribution is 5.87. The first-order valence-corrected chi connectivity index (χ1v) is 12.0. The zero-order chi connectivity index (χ0) is 22.4. The third-order valence-corrected chi connectivity index (χ3v) is 7.17. The fourth-order valence-corrected chi connectivity index (χ4v) is 5.19. The zero-order valence-electron chi connectivity index (χ0n) is 18.8. The van der Waals surface area contributed by atoms with Crippen LogP contribution in [0.5, 0.6) is 0 Å². The van der Waals surface area contributed by atoms with Gasteiger partial charge in [0.2, 0.25) is 5.91 Å². The van der Waals surface area contributed by atoms with E-state index < -0.39 is 0 Å². The monoisotopic (exact) mass is 448 g/mol. The van der Waals surface area contributed by atoms with Gasteiger partial charge in [-0.3, -0.25) is 9.69 Å². The average Bonchev–Trinajstić information content (AvgIpc) is 3.37. The van der Waals surface area contributed by atoms with Crippen LogP contribution in [0.3, 0.4) is 0 Å². The summed E-state index contributed by atoms with van der Waals surface area (Å²) in [7, 11) is 0. The number of rotatable bonds is 5. The van der Waals surface area contributed by atoms with Gasteiger partial charge >= 0.3 is 0 Å². The number of piperazine rings is 1. The van der Waals surface area contributed by atoms with E-state index in [2.05, 4.69) is 36.7 Å². The highest BCUT2D eigenvalue weighted by atomic mass is 19.1. The van der Waals surface area contributed by atoms with E-state index in [0.29, 0.717) is 12.6 Å². The summed E-state index contributed by atoms with van der Waals surface area (Å²) in [5.74, 6) is 0.910. The van der Waals surface area contributed by atoms with Crippen molar-refractivity contribution in [3.8, 4) is 11.3 Å². The lowest BCUT2D eigenvalue weighted by Gasteiger charge is -2.35. The van der Waals surface area contributed by atoms with Crippen molar-refractivity contribution < 1.29 is 9.18 Å². The number of carbonyl (C=O) groups excluding carboxylic acids is 1. The first-order chi connectivity index (χ1) is 16.2. The summed E-state index contributed by atoms with van der Waals surface area (Å²) in [5, 5.41) is 9.77. The van der Waals surface area contributed by atoms with Crippen LogP contribution in [-0.2, 0) is 4.79 Å². The molecular formula is C25H29FN6O. The molecule has 0 spiro atoms. The number of hydrogen-bond acceptors (Lipinski definition) is 5. The number of anilines is 1. The van der Waals surface area contributed by atoms with E-state index in [4.69, 9.17) is 0 Å². The molecule has 1 aromatic carbocycles. The van der Waals surface area contributed by atoms with Gasteiger partial charge in [0.05, 0.1) is 24.0 Å². The van der Waals surface area contributed by atoms with E-state index in [1.165, 1.54) is 6.07 Å². The molecule has 3 aromatic rings. The molecule has 6 rings (SSSR count). The van der Waals surface area contributed by atoms with Gasteiger partial charge in [-0.15, -0.1) is 5.10 Å². The van der Waals surface area contributed by atoms with Crippen LogP contribution in [0.1, 0.15) is 31.7 Å². The number of hydrogen-bond donors (Lipinski definition) is 0. The second kappa shape index (κ2) is 8.41. The van der Waals surface area contributed by atoms with Crippen LogP contribution >= 0.6 is 0 Å². The molecule has 4 heterocycles. The lowest BCUT2D eigenvalue weighted by atomic mass is 10.2. The normalized spacial score (nSPS) is 19.5. The molecule has 1 aliphatic carbocycles. The summed E-state index contributed by atoms with van der Waals surface area (Å²) in [6, 6.07) is 9.67. The van der Waals surface area contributed by atoms with Gasteiger partial charge in [-0.1, -0.05) is 0 Å². The zero-order valence-corrected chi connectivity index (χ0v) is 18.8. The Balaban J connectivity index is 1.19. The Morgan fingerprint density at radius 2 is 1.79 bits per heavy atom. The molecule has 0 N–H and O–H groups in total. The molecule has 1 amide bonds. The van der Waals surface area contributed by atoms with Crippen molar-refractivity contribution >= 4 is 22.6 Å². The van der Waals surface area contributed by atoms with E-state index in [9.17, 15) is 9.18 Å². The van der Waals surface area contributed by atoms with Gasteiger partial charge in [-0.25, -0.2) is 4.39 Å². The number of nitrogens with zero attached hydrogens (tertiary/aromatic N) is 6. The topological polar surface area (TPSA) is 57.5 Å². The largest absolute Gasteiger partial charge is 0.353 e. The second-order valence-corrected chi connectivity index (χ2v) is 9.49. The van der Waals surface area contributed by atoms with Crippen molar-refractivity contribution in [2.24, 2.45) is 0 Å². The van der Waals surface area contributed by atoms with Gasteiger partial charge in [-0.2, -0.15) is 5.10 Å². The van der Waals surface area contributed by atoms with Crippen molar-refractivity contribution in [3.63, 3.8) is 0 Å². The van der Waals surface area contributed by atoms with Crippen LogP contribution in [0.2, 0.25) is 0 Å². The van der Waals surface area contributed by atoms with Gasteiger partial charge in [0.25, 0.3) is 0 Å². The second-order valence-electron chi connectivity index (χ2n) is 9.49. The van der Waals surface area contributed by atoms with Crippen molar-refractivity contribution in [2.45, 2.75) is 31.7 Å². The van der Waals surface area contributed by atoms with Crippen LogP contribution in [-0.4, -0.2) is 76.3 Å². The summed E-state index contributed by atoms with van der Waals surface area (Å²) in [5.41, 5.74) is 3.03. The van der Waals surface area contributed by atoms with Gasteiger partial charge in [0.15, 0.2) is 5.82 Å². The van der Waals surface area contributed by atoms with Gasteiger partial charge in [0.1, 0.15) is 5.82 Å². The molecule has 2 saturated heterocycles. The summed E-state index contributed by atoms with van der Waals surface area (Å²) < 4.78 is 16.2. The van der Waals surface area contributed by atoms with Gasteiger partial charge in [0, 0.05) is 56.3 Å². The molecule has 1 saturated carbocycles. The number of carbonyl (C=O) groups is 1. The SMILES string of the molecule is O=C(CN1CCN(c2cc(-c3cc4ccc(F)cc4n3C3CC3)cnn2)CC1)N1CCCC1. The molecule has 172 valence electrons. The number of likely N-dealkylation sites (tertiary alicyclic amines) is 1. The van der Waals surface area contributed by atoms with Crippen LogP contribution in [0.4, 0.5) is 10.2 Å². The Kier molecular flexibility index (Phi) is 5.25. The number of halogens is 1. The molecule has 2 aromatic heterocycles. The number of benzene rings is 1. The minimum absolute atomic E-state index is 0.205. The van der Waals surface area contributed by atoms with Crippen LogP contribution in [0, 0.1) is 5.82 Å². The first kappa shape index (κ1) is 20.6. The fraction of sp³-hybridized carbons (Fsp3) is 0.480. The summed E-state index contributed by atoms with van der Waals surface area (Å²) in [6.45, 7) is 5.65. The average molecular weight is 449 g/mol. The third kappa shape index (κ3) is 4.08. The number of aromatic nitrogens is 3. The number of amides is 1. The molecule has 0 atom stereocenters. The summed E-state index contributed by atoms with van der Waals surface area (Å²) in [6.07, 6.45) is 6.30. The maximum atomic E-state index is 13.9. The quantitative estimate of drug-likeness (QED) is 0.599. The molecule has 7 nitrogen and oxygen atoms in total. The molecule has 3 fully saturated rings. The minimum Gasteiger partial charge on any atom is -0.353 e. The molecular weight excluding hydrogens is 419 g/mol. The lowest BCUT2D eigenvalue weighted by molar-refractivity contribution is -0.131. The Hall–Kier alpha value is -3.00. The fourth-order valence-electron chi connectivity index (χ4n) is 5.19. The van der Waals surface area contributed by atoms with Gasteiger partial charge < -0.3 is 14.4 Å². The summed E-state index contributed by atoms with van der Waals surface area (Å²) >= 11 is 0. The highest BCUT2D eigenvalue weighted by Crippen LogP contribution is 2.42. The highest BCUT2D eigenvalue weighted by Gasteiger charge is 2.29. The van der Waals surface area contributed by atoms with Crippen LogP contribution in [0.15, 0.2) is 36.5 Å². The number of fused-ring (bicyclic) bond motifs is 1. The lowest BCUT2D eigenvalue weighted by Crippen LogP contribution is -2.50. The Morgan fingerprint density at radius 3 is 2.55 bits per heavy atom. The Morgan fingerprint density at radius 1 is 1.00 bits per heavy atom. The molecule has 2 aliphatic heterocycles. The van der Waals surface area contributed by atoms with E-state index in [0.717, 1.165) is 92.9 Å². The molecule has 0 bridgehead atoms. The third-order valence-electron chi connectivity index (χ3n) is 7.17. The van der Waals surface area contributed by atoms with E-state index in [1.807, 2.05) is 11.0 Å². The molecule has 8 heteroatoms. The van der Waals surface area contributed by atoms with Crippen LogP contribution < -0.4 is 4.90 Å². The van der Waals surface area contributed by atoms with E-state index in [-0.39, 0.29) is 11.7 Å². The molecule has 0 radical (unpaired) electrons. The molecule has 33 heavy (non-hydrogen) atoms. The molecule has 0 unspecified atom stereocenters. The van der Waals surface area contributed by atoms with Crippen molar-refractivity contribution in [3.05, 3.63) is 42.3 Å². The van der Waals surface area contributed by atoms with E-state index >= 15 is 0 Å². The van der Waals surface area contributed by atoms with Crippen LogP contribution in [0.25, 0.3) is 22.2 Å². The smallest absolute Gasteiger partial charge is 0.236 e. The van der Waals surface area contributed by atoms with Crippen molar-refractivity contribution in [1.29, 1.82) is 0 Å². The molecule has 3 aliphatic rings. The first-order valence-electron chi connectivity index (χ1n) is 12.0. The Labute approximate surface area is 192 Å². The predicted octanol–water partition coefficient (Wildman–Crippen LogP) is 3.32. The standard InChI is InChI=1S/C25H29FN6O/c26-20-4-3-18-13-22(32(21-5-6-21)23(18)15-20)19-14-24(28-27-16-19)30-11-9-29(10-12-30)17-25(33)31-7-1-2-8-31/h3-4,13-16,21H,1-2,5-12,17H2. The van der Waals surface area contributed by atoms with E-state index in [1.54, 1.807) is 12.3 Å². The van der Waals surface area contributed by atoms with Crippen molar-refractivity contribution in [1.82, 2.24) is 24.6 Å². The van der Waals surface area contributed by atoms with Gasteiger partial charge in [-0.05, 0) is 56.0 Å². The van der Waals surface area contributed by atoms with Crippen molar-refractivity contribution in [2.75, 3.05) is 50.7 Å². The maximum absolute atomic E-state index is 13.9. The summed E-state index contributed by atoms with van der Waals surface area (Å²) in [4.78, 5) is 19.0. The minimum atomic E-state index is -0.205. The maximum Gasteiger partial charge on any atom is 0.236 e. The Bertz CT molecular complexity index is 1170. The predicted molar refractivity (Wildman–Crippen MR) is 126 cm³/mol.